The van der Waals surface area contributed by atoms with Gasteiger partial charge in [-0.05, 0) is 5.56 Å². The molecule has 0 saturated carbocycles. The summed E-state index contributed by atoms with van der Waals surface area (Å²) in [5, 5.41) is 10.7. The molecule has 2 saturated heterocycles. The summed E-state index contributed by atoms with van der Waals surface area (Å²) in [5.74, 6) is 0. The van der Waals surface area contributed by atoms with Gasteiger partial charge in [0, 0.05) is 5.25 Å². The summed E-state index contributed by atoms with van der Waals surface area (Å²) < 4.78 is 11.1. The van der Waals surface area contributed by atoms with Crippen molar-refractivity contribution in [3.8, 4) is 0 Å². The van der Waals surface area contributed by atoms with Crippen molar-refractivity contribution in [3.63, 3.8) is 0 Å². The summed E-state index contributed by atoms with van der Waals surface area (Å²) in [6.45, 7) is 1.19. The van der Waals surface area contributed by atoms with E-state index in [1.165, 1.54) is 0 Å². The third-order valence-electron chi connectivity index (χ3n) is 2.92. The Morgan fingerprint density at radius 2 is 2.19 bits per heavy atom. The molecular formula is C12H14O3S. The van der Waals surface area contributed by atoms with Crippen LogP contribution in [0.15, 0.2) is 30.3 Å². The molecule has 0 amide bonds. The first-order chi connectivity index (χ1) is 7.84. The van der Waals surface area contributed by atoms with Gasteiger partial charge in [0.15, 0.2) is 6.29 Å². The van der Waals surface area contributed by atoms with E-state index in [9.17, 15) is 5.11 Å². The number of thioether (sulfide) groups is 1. The molecule has 2 heterocycles. The second-order valence-corrected chi connectivity index (χ2v) is 5.55. The molecule has 4 heteroatoms. The number of aliphatic hydroxyl groups excluding tert-OH is 1. The Morgan fingerprint density at radius 3 is 3.00 bits per heavy atom. The number of fused-ring (bicyclic) bond motifs is 1. The number of aliphatic hydroxyl groups is 1. The van der Waals surface area contributed by atoms with E-state index in [-0.39, 0.29) is 0 Å². The second kappa shape index (κ2) is 4.37. The standard InChI is InChI=1S/C12H14O3S/c13-10-11-9(16-11)7-15-12(10)14-6-8-4-2-1-3-5-8/h1-5,9-13H,6-7H2/t9-,10+,11+,12+/m1/s1. The van der Waals surface area contributed by atoms with Crippen molar-refractivity contribution in [2.45, 2.75) is 29.5 Å². The van der Waals surface area contributed by atoms with Crippen LogP contribution < -0.4 is 0 Å². The van der Waals surface area contributed by atoms with Crippen molar-refractivity contribution in [1.82, 2.24) is 0 Å². The average Bonchev–Trinajstić information content (AvgIpc) is 3.10. The maximum absolute atomic E-state index is 9.89. The van der Waals surface area contributed by atoms with E-state index in [2.05, 4.69) is 0 Å². The molecule has 0 spiro atoms. The lowest BCUT2D eigenvalue weighted by Crippen LogP contribution is -2.41. The highest BCUT2D eigenvalue weighted by atomic mass is 32.2. The van der Waals surface area contributed by atoms with Gasteiger partial charge in [0.1, 0.15) is 6.10 Å². The molecule has 4 atom stereocenters. The molecule has 3 rings (SSSR count). The van der Waals surface area contributed by atoms with Crippen molar-refractivity contribution in [1.29, 1.82) is 0 Å². The lowest BCUT2D eigenvalue weighted by atomic mass is 10.1. The SMILES string of the molecule is O[C@@H]1[C@@H](OCc2ccccc2)OC[C@H]2S[C@H]12. The van der Waals surface area contributed by atoms with Crippen molar-refractivity contribution >= 4 is 11.8 Å². The first-order valence-electron chi connectivity index (χ1n) is 5.45. The molecule has 0 unspecified atom stereocenters. The minimum Gasteiger partial charge on any atom is -0.387 e. The van der Waals surface area contributed by atoms with Crippen LogP contribution in [0.2, 0.25) is 0 Å². The molecule has 86 valence electrons. The largest absolute Gasteiger partial charge is 0.387 e. The molecule has 1 aromatic rings. The summed E-state index contributed by atoms with van der Waals surface area (Å²) in [7, 11) is 0. The van der Waals surface area contributed by atoms with Crippen molar-refractivity contribution < 1.29 is 14.6 Å². The molecule has 2 fully saturated rings. The first kappa shape index (κ1) is 10.6. The molecule has 0 aromatic heterocycles. The predicted octanol–water partition coefficient (Wildman–Crippen LogP) is 1.40. The van der Waals surface area contributed by atoms with E-state index in [0.29, 0.717) is 23.7 Å². The Bertz CT molecular complexity index is 357. The zero-order chi connectivity index (χ0) is 11.0. The van der Waals surface area contributed by atoms with Gasteiger partial charge < -0.3 is 14.6 Å². The molecule has 1 aromatic carbocycles. The van der Waals surface area contributed by atoms with Gasteiger partial charge in [-0.2, -0.15) is 0 Å². The molecule has 0 aliphatic carbocycles. The normalized spacial score (nSPS) is 36.8. The average molecular weight is 238 g/mol. The summed E-state index contributed by atoms with van der Waals surface area (Å²) in [6.07, 6.45) is -0.941. The molecule has 2 aliphatic rings. The van der Waals surface area contributed by atoms with Crippen molar-refractivity contribution in [3.05, 3.63) is 35.9 Å². The van der Waals surface area contributed by atoms with Crippen LogP contribution in [0.3, 0.4) is 0 Å². The van der Waals surface area contributed by atoms with Gasteiger partial charge in [-0.1, -0.05) is 30.3 Å². The maximum Gasteiger partial charge on any atom is 0.184 e. The minimum absolute atomic E-state index is 0.328. The van der Waals surface area contributed by atoms with E-state index < -0.39 is 12.4 Å². The highest BCUT2D eigenvalue weighted by Crippen LogP contribution is 2.48. The first-order valence-corrected chi connectivity index (χ1v) is 6.39. The highest BCUT2D eigenvalue weighted by Gasteiger charge is 2.51. The van der Waals surface area contributed by atoms with Crippen molar-refractivity contribution in [2.75, 3.05) is 6.61 Å². The zero-order valence-electron chi connectivity index (χ0n) is 8.78. The van der Waals surface area contributed by atoms with Crippen LogP contribution in [0.1, 0.15) is 5.56 Å². The van der Waals surface area contributed by atoms with Crippen LogP contribution in [-0.2, 0) is 16.1 Å². The Hall–Kier alpha value is -0.550. The fourth-order valence-electron chi connectivity index (χ4n) is 1.93. The van der Waals surface area contributed by atoms with E-state index in [0.717, 1.165) is 5.56 Å². The van der Waals surface area contributed by atoms with Crippen LogP contribution in [-0.4, -0.2) is 34.6 Å². The molecule has 0 bridgehead atoms. The van der Waals surface area contributed by atoms with Crippen LogP contribution in [0, 0.1) is 0 Å². The number of benzene rings is 1. The molecule has 0 radical (unpaired) electrons. The predicted molar refractivity (Wildman–Crippen MR) is 62.1 cm³/mol. The van der Waals surface area contributed by atoms with Crippen LogP contribution >= 0.6 is 11.8 Å². The fourth-order valence-corrected chi connectivity index (χ4v) is 2.93. The van der Waals surface area contributed by atoms with Gasteiger partial charge in [-0.3, -0.25) is 0 Å². The summed E-state index contributed by atoms with van der Waals surface area (Å²) in [6, 6.07) is 9.93. The third kappa shape index (κ3) is 2.11. The number of hydrogen-bond donors (Lipinski definition) is 1. The number of ether oxygens (including phenoxy) is 2. The van der Waals surface area contributed by atoms with E-state index in [1.807, 2.05) is 30.3 Å². The highest BCUT2D eigenvalue weighted by molar-refractivity contribution is 8.07. The molecule has 16 heavy (non-hydrogen) atoms. The van der Waals surface area contributed by atoms with Gasteiger partial charge in [0.05, 0.1) is 18.5 Å². The quantitative estimate of drug-likeness (QED) is 0.808. The third-order valence-corrected chi connectivity index (χ3v) is 4.31. The minimum atomic E-state index is -0.479. The Balaban J connectivity index is 1.55. The Kier molecular flexibility index (Phi) is 2.90. The monoisotopic (exact) mass is 238 g/mol. The Labute approximate surface area is 98.8 Å². The Morgan fingerprint density at radius 1 is 1.38 bits per heavy atom. The summed E-state index contributed by atoms with van der Waals surface area (Å²) in [5.41, 5.74) is 1.10. The van der Waals surface area contributed by atoms with Gasteiger partial charge in [-0.25, -0.2) is 0 Å². The topological polar surface area (TPSA) is 38.7 Å². The van der Waals surface area contributed by atoms with Gasteiger partial charge in [0.25, 0.3) is 0 Å². The number of hydrogen-bond acceptors (Lipinski definition) is 4. The van der Waals surface area contributed by atoms with Crippen LogP contribution in [0.25, 0.3) is 0 Å². The van der Waals surface area contributed by atoms with Gasteiger partial charge in [0.2, 0.25) is 0 Å². The number of rotatable bonds is 3. The van der Waals surface area contributed by atoms with E-state index in [4.69, 9.17) is 9.47 Å². The smallest absolute Gasteiger partial charge is 0.184 e. The maximum atomic E-state index is 9.89. The fraction of sp³-hybridized carbons (Fsp3) is 0.500. The summed E-state index contributed by atoms with van der Waals surface area (Å²) in [4.78, 5) is 0. The molecular weight excluding hydrogens is 224 g/mol. The lowest BCUT2D eigenvalue weighted by molar-refractivity contribution is -0.210. The summed E-state index contributed by atoms with van der Waals surface area (Å²) >= 11 is 1.78. The van der Waals surface area contributed by atoms with E-state index >= 15 is 0 Å². The molecule has 2 aliphatic heterocycles. The van der Waals surface area contributed by atoms with E-state index in [1.54, 1.807) is 11.8 Å². The zero-order valence-corrected chi connectivity index (χ0v) is 9.60. The van der Waals surface area contributed by atoms with Gasteiger partial charge >= 0.3 is 0 Å². The molecule has 1 N–H and O–H groups in total. The van der Waals surface area contributed by atoms with Crippen LogP contribution in [0.4, 0.5) is 0 Å². The van der Waals surface area contributed by atoms with Gasteiger partial charge in [-0.15, -0.1) is 11.8 Å². The molecule has 3 nitrogen and oxygen atoms in total. The van der Waals surface area contributed by atoms with Crippen LogP contribution in [0.5, 0.6) is 0 Å². The lowest BCUT2D eigenvalue weighted by Gasteiger charge is -2.26. The van der Waals surface area contributed by atoms with Crippen molar-refractivity contribution in [2.24, 2.45) is 0 Å². The second-order valence-electron chi connectivity index (χ2n) is 4.13.